The molecule has 1 atom stereocenters. The fourth-order valence-corrected chi connectivity index (χ4v) is 0.845. The standard InChI is InChI=1S/C10H20O3/c1-4-6-13-10(5-2)9-12-8-7-11-3/h4,10H,1,5-9H2,2-3H3. The fraction of sp³-hybridized carbons (Fsp3) is 0.800. The largest absolute Gasteiger partial charge is 0.382 e. The maximum atomic E-state index is 5.44. The second-order valence-corrected chi connectivity index (χ2v) is 2.72. The van der Waals surface area contributed by atoms with Crippen LogP contribution in [0.5, 0.6) is 0 Å². The van der Waals surface area contributed by atoms with Crippen LogP contribution in [0.25, 0.3) is 0 Å². The third kappa shape index (κ3) is 7.96. The van der Waals surface area contributed by atoms with Gasteiger partial charge in [0.1, 0.15) is 0 Å². The summed E-state index contributed by atoms with van der Waals surface area (Å²) < 4.78 is 15.6. The van der Waals surface area contributed by atoms with E-state index in [9.17, 15) is 0 Å². The van der Waals surface area contributed by atoms with Crippen molar-refractivity contribution in [2.75, 3.05) is 33.5 Å². The van der Waals surface area contributed by atoms with Gasteiger partial charge >= 0.3 is 0 Å². The fourth-order valence-electron chi connectivity index (χ4n) is 0.845. The van der Waals surface area contributed by atoms with Crippen molar-refractivity contribution in [2.45, 2.75) is 19.4 Å². The topological polar surface area (TPSA) is 27.7 Å². The lowest BCUT2D eigenvalue weighted by atomic mass is 10.3. The molecular weight excluding hydrogens is 168 g/mol. The van der Waals surface area contributed by atoms with Crippen molar-refractivity contribution in [3.05, 3.63) is 12.7 Å². The minimum Gasteiger partial charge on any atom is -0.382 e. The van der Waals surface area contributed by atoms with E-state index in [1.807, 2.05) is 0 Å². The highest BCUT2D eigenvalue weighted by Gasteiger charge is 2.04. The molecule has 0 amide bonds. The van der Waals surface area contributed by atoms with Gasteiger partial charge in [-0.2, -0.15) is 0 Å². The molecule has 0 aromatic carbocycles. The summed E-state index contributed by atoms with van der Waals surface area (Å²) in [6.07, 6.45) is 2.88. The normalized spacial score (nSPS) is 12.8. The molecule has 0 saturated heterocycles. The minimum absolute atomic E-state index is 0.176. The van der Waals surface area contributed by atoms with Crippen molar-refractivity contribution in [1.82, 2.24) is 0 Å². The Kier molecular flexibility index (Phi) is 9.42. The summed E-state index contributed by atoms with van der Waals surface area (Å²) >= 11 is 0. The average Bonchev–Trinajstić information content (AvgIpc) is 2.17. The smallest absolute Gasteiger partial charge is 0.0810 e. The van der Waals surface area contributed by atoms with Crippen LogP contribution < -0.4 is 0 Å². The zero-order valence-corrected chi connectivity index (χ0v) is 8.62. The molecule has 1 unspecified atom stereocenters. The van der Waals surface area contributed by atoms with Gasteiger partial charge in [0.15, 0.2) is 0 Å². The van der Waals surface area contributed by atoms with Gasteiger partial charge in [0.2, 0.25) is 0 Å². The highest BCUT2D eigenvalue weighted by molar-refractivity contribution is 4.66. The molecule has 3 nitrogen and oxygen atoms in total. The molecule has 0 aliphatic heterocycles. The van der Waals surface area contributed by atoms with Gasteiger partial charge < -0.3 is 14.2 Å². The number of hydrogen-bond donors (Lipinski definition) is 0. The first-order valence-electron chi connectivity index (χ1n) is 4.64. The van der Waals surface area contributed by atoms with Crippen LogP contribution in [0.3, 0.4) is 0 Å². The molecule has 0 fully saturated rings. The molecular formula is C10H20O3. The SMILES string of the molecule is C=CCOC(CC)COCCOC. The van der Waals surface area contributed by atoms with Gasteiger partial charge in [-0.05, 0) is 6.42 Å². The van der Waals surface area contributed by atoms with E-state index in [4.69, 9.17) is 14.2 Å². The summed E-state index contributed by atoms with van der Waals surface area (Å²) in [7, 11) is 1.66. The summed E-state index contributed by atoms with van der Waals surface area (Å²) in [4.78, 5) is 0. The van der Waals surface area contributed by atoms with Crippen LogP contribution in [0.2, 0.25) is 0 Å². The highest BCUT2D eigenvalue weighted by atomic mass is 16.5. The average molecular weight is 188 g/mol. The van der Waals surface area contributed by atoms with Gasteiger partial charge in [-0.1, -0.05) is 13.0 Å². The number of ether oxygens (including phenoxy) is 3. The van der Waals surface area contributed by atoms with E-state index in [-0.39, 0.29) is 6.10 Å². The maximum Gasteiger partial charge on any atom is 0.0810 e. The molecule has 0 heterocycles. The van der Waals surface area contributed by atoms with E-state index in [0.717, 1.165) is 6.42 Å². The zero-order chi connectivity index (χ0) is 9.94. The van der Waals surface area contributed by atoms with Crippen molar-refractivity contribution in [1.29, 1.82) is 0 Å². The van der Waals surface area contributed by atoms with Crippen LogP contribution in [-0.4, -0.2) is 39.6 Å². The lowest BCUT2D eigenvalue weighted by Gasteiger charge is -2.14. The molecule has 13 heavy (non-hydrogen) atoms. The van der Waals surface area contributed by atoms with Gasteiger partial charge in [-0.3, -0.25) is 0 Å². The van der Waals surface area contributed by atoms with Gasteiger partial charge in [0, 0.05) is 7.11 Å². The Balaban J connectivity index is 3.30. The lowest BCUT2D eigenvalue weighted by molar-refractivity contribution is -0.0194. The minimum atomic E-state index is 0.176. The molecule has 0 saturated carbocycles. The molecule has 0 aromatic rings. The van der Waals surface area contributed by atoms with Crippen molar-refractivity contribution in [2.24, 2.45) is 0 Å². The van der Waals surface area contributed by atoms with Crippen molar-refractivity contribution < 1.29 is 14.2 Å². The maximum absolute atomic E-state index is 5.44. The van der Waals surface area contributed by atoms with Crippen molar-refractivity contribution in [3.63, 3.8) is 0 Å². The summed E-state index contributed by atoms with van der Waals surface area (Å²) in [5.74, 6) is 0. The van der Waals surface area contributed by atoms with Crippen LogP contribution in [0.1, 0.15) is 13.3 Å². The second kappa shape index (κ2) is 9.71. The van der Waals surface area contributed by atoms with Gasteiger partial charge in [0.05, 0.1) is 32.5 Å². The van der Waals surface area contributed by atoms with Crippen molar-refractivity contribution in [3.8, 4) is 0 Å². The third-order valence-corrected chi connectivity index (χ3v) is 1.64. The van der Waals surface area contributed by atoms with E-state index >= 15 is 0 Å². The Morgan fingerprint density at radius 2 is 2.15 bits per heavy atom. The summed E-state index contributed by atoms with van der Waals surface area (Å²) in [6, 6.07) is 0. The summed E-state index contributed by atoms with van der Waals surface area (Å²) in [5, 5.41) is 0. The summed E-state index contributed by atoms with van der Waals surface area (Å²) in [5.41, 5.74) is 0. The predicted molar refractivity (Wildman–Crippen MR) is 52.9 cm³/mol. The van der Waals surface area contributed by atoms with Crippen LogP contribution in [0.15, 0.2) is 12.7 Å². The lowest BCUT2D eigenvalue weighted by Crippen LogP contribution is -2.20. The van der Waals surface area contributed by atoms with E-state index in [1.54, 1.807) is 13.2 Å². The van der Waals surface area contributed by atoms with Gasteiger partial charge in [-0.25, -0.2) is 0 Å². The molecule has 0 bridgehead atoms. The van der Waals surface area contributed by atoms with Gasteiger partial charge in [0.25, 0.3) is 0 Å². The Hall–Kier alpha value is -0.380. The Morgan fingerprint density at radius 3 is 2.69 bits per heavy atom. The van der Waals surface area contributed by atoms with Crippen LogP contribution in [0.4, 0.5) is 0 Å². The molecule has 0 N–H and O–H groups in total. The monoisotopic (exact) mass is 188 g/mol. The van der Waals surface area contributed by atoms with E-state index in [0.29, 0.717) is 26.4 Å². The number of rotatable bonds is 9. The molecule has 0 aliphatic carbocycles. The zero-order valence-electron chi connectivity index (χ0n) is 8.62. The third-order valence-electron chi connectivity index (χ3n) is 1.64. The number of methoxy groups -OCH3 is 1. The Bertz CT molecular complexity index is 115. The van der Waals surface area contributed by atoms with E-state index in [1.165, 1.54) is 0 Å². The van der Waals surface area contributed by atoms with E-state index < -0.39 is 0 Å². The Morgan fingerprint density at radius 1 is 1.38 bits per heavy atom. The van der Waals surface area contributed by atoms with Crippen LogP contribution in [-0.2, 0) is 14.2 Å². The Labute approximate surface area is 80.7 Å². The molecule has 78 valence electrons. The molecule has 3 heteroatoms. The molecule has 0 aromatic heterocycles. The quantitative estimate of drug-likeness (QED) is 0.406. The molecule has 0 rings (SSSR count). The van der Waals surface area contributed by atoms with Crippen molar-refractivity contribution >= 4 is 0 Å². The van der Waals surface area contributed by atoms with Crippen LogP contribution >= 0.6 is 0 Å². The first kappa shape index (κ1) is 12.6. The van der Waals surface area contributed by atoms with Gasteiger partial charge in [-0.15, -0.1) is 6.58 Å². The molecule has 0 aliphatic rings. The first-order valence-corrected chi connectivity index (χ1v) is 4.64. The first-order chi connectivity index (χ1) is 6.35. The predicted octanol–water partition coefficient (Wildman–Crippen LogP) is 1.63. The molecule has 0 radical (unpaired) electrons. The number of hydrogen-bond acceptors (Lipinski definition) is 3. The van der Waals surface area contributed by atoms with Crippen LogP contribution in [0, 0.1) is 0 Å². The summed E-state index contributed by atoms with van der Waals surface area (Å²) in [6.45, 7) is 8.16. The second-order valence-electron chi connectivity index (χ2n) is 2.72. The molecule has 0 spiro atoms. The van der Waals surface area contributed by atoms with E-state index in [2.05, 4.69) is 13.5 Å². The highest BCUT2D eigenvalue weighted by Crippen LogP contribution is 1.98.